The molecule has 2 saturated heterocycles. The van der Waals surface area contributed by atoms with Gasteiger partial charge in [-0.3, -0.25) is 19.4 Å². The molecule has 0 spiro atoms. The van der Waals surface area contributed by atoms with E-state index < -0.39 is 23.7 Å². The molecule has 4 amide bonds. The van der Waals surface area contributed by atoms with Crippen molar-refractivity contribution >= 4 is 23.5 Å². The number of carbonyl (C=O) groups is 3. The molecule has 0 unspecified atom stereocenters. The van der Waals surface area contributed by atoms with Crippen LogP contribution >= 0.6 is 0 Å². The van der Waals surface area contributed by atoms with Crippen molar-refractivity contribution in [3.05, 3.63) is 29.6 Å². The lowest BCUT2D eigenvalue weighted by atomic mass is 10.2. The van der Waals surface area contributed by atoms with E-state index in [-0.39, 0.29) is 12.2 Å². The van der Waals surface area contributed by atoms with Crippen LogP contribution in [0.3, 0.4) is 0 Å². The second-order valence-corrected chi connectivity index (χ2v) is 5.90. The van der Waals surface area contributed by atoms with Gasteiger partial charge in [-0.25, -0.2) is 14.1 Å². The molecule has 25 heavy (non-hydrogen) atoms. The molecule has 1 aromatic carbocycles. The van der Waals surface area contributed by atoms with Crippen LogP contribution in [0.4, 0.5) is 14.9 Å². The molecule has 2 fully saturated rings. The maximum atomic E-state index is 14.1. The van der Waals surface area contributed by atoms with Gasteiger partial charge in [-0.15, -0.1) is 0 Å². The number of hydrogen-bond donors (Lipinski definition) is 0. The van der Waals surface area contributed by atoms with Crippen LogP contribution in [-0.2, 0) is 9.59 Å². The monoisotopic (exact) mass is 345 g/mol. The van der Waals surface area contributed by atoms with E-state index in [9.17, 15) is 18.8 Å². The Balaban J connectivity index is 1.61. The molecule has 1 aromatic rings. The van der Waals surface area contributed by atoms with E-state index in [2.05, 4.69) is 0 Å². The van der Waals surface area contributed by atoms with Gasteiger partial charge in [0.15, 0.2) is 0 Å². The van der Waals surface area contributed by atoms with E-state index in [4.69, 9.17) is 5.26 Å². The van der Waals surface area contributed by atoms with Crippen LogP contribution in [0.5, 0.6) is 0 Å². The molecule has 8 nitrogen and oxygen atoms in total. The molecular formula is C16H16FN5O3. The number of halogens is 1. The number of nitrogens with zero attached hydrogens (tertiary/aromatic N) is 5. The number of rotatable bonds is 3. The van der Waals surface area contributed by atoms with Crippen LogP contribution in [0.2, 0.25) is 0 Å². The summed E-state index contributed by atoms with van der Waals surface area (Å²) < 4.78 is 14.1. The summed E-state index contributed by atoms with van der Waals surface area (Å²) in [5, 5.41) is 8.79. The minimum Gasteiger partial charge on any atom is -0.367 e. The lowest BCUT2D eigenvalue weighted by Gasteiger charge is -2.37. The SMILES string of the molecule is CN1C(=O)C(=O)N(CN2CCN(c3ccc(C#N)cc3F)CC2)C1=O. The van der Waals surface area contributed by atoms with Crippen molar-refractivity contribution < 1.29 is 18.8 Å². The summed E-state index contributed by atoms with van der Waals surface area (Å²) in [5.74, 6) is -2.11. The fourth-order valence-corrected chi connectivity index (χ4v) is 2.90. The Bertz CT molecular complexity index is 782. The standard InChI is InChI=1S/C16H16FN5O3/c1-19-14(23)15(24)22(16(19)25)10-20-4-6-21(7-5-20)13-3-2-11(9-18)8-12(13)17/h2-3,8H,4-7,10H2,1H3. The van der Waals surface area contributed by atoms with E-state index in [0.29, 0.717) is 31.9 Å². The van der Waals surface area contributed by atoms with Crippen LogP contribution in [-0.4, -0.2) is 72.4 Å². The molecule has 9 heteroatoms. The number of amides is 4. The number of nitriles is 1. The highest BCUT2D eigenvalue weighted by Gasteiger charge is 2.43. The lowest BCUT2D eigenvalue weighted by Crippen LogP contribution is -2.51. The summed E-state index contributed by atoms with van der Waals surface area (Å²) in [6.07, 6.45) is 0. The van der Waals surface area contributed by atoms with Gasteiger partial charge in [-0.1, -0.05) is 0 Å². The van der Waals surface area contributed by atoms with Crippen LogP contribution in [0.25, 0.3) is 0 Å². The Morgan fingerprint density at radius 1 is 1.12 bits per heavy atom. The molecule has 0 atom stereocenters. The van der Waals surface area contributed by atoms with Crippen molar-refractivity contribution in [3.8, 4) is 6.07 Å². The number of benzene rings is 1. The van der Waals surface area contributed by atoms with Crippen molar-refractivity contribution in [3.63, 3.8) is 0 Å². The Morgan fingerprint density at radius 3 is 2.32 bits per heavy atom. The van der Waals surface area contributed by atoms with Gasteiger partial charge in [-0.05, 0) is 18.2 Å². The molecule has 2 heterocycles. The Hall–Kier alpha value is -2.99. The Labute approximate surface area is 143 Å². The van der Waals surface area contributed by atoms with Crippen molar-refractivity contribution in [2.45, 2.75) is 0 Å². The second kappa shape index (κ2) is 6.49. The molecule has 0 saturated carbocycles. The van der Waals surface area contributed by atoms with E-state index in [1.807, 2.05) is 15.9 Å². The van der Waals surface area contributed by atoms with Crippen LogP contribution < -0.4 is 4.90 Å². The molecule has 130 valence electrons. The van der Waals surface area contributed by atoms with Gasteiger partial charge in [0.1, 0.15) is 5.82 Å². The topological polar surface area (TPSA) is 88.0 Å². The highest BCUT2D eigenvalue weighted by Crippen LogP contribution is 2.22. The zero-order valence-electron chi connectivity index (χ0n) is 13.6. The van der Waals surface area contributed by atoms with Gasteiger partial charge in [0.2, 0.25) is 0 Å². The number of piperazine rings is 1. The molecule has 0 N–H and O–H groups in total. The zero-order chi connectivity index (χ0) is 18.1. The predicted molar refractivity (Wildman–Crippen MR) is 84.8 cm³/mol. The Morgan fingerprint density at radius 2 is 1.80 bits per heavy atom. The summed E-state index contributed by atoms with van der Waals surface area (Å²) in [5.41, 5.74) is 0.682. The highest BCUT2D eigenvalue weighted by molar-refractivity contribution is 6.44. The third kappa shape index (κ3) is 3.04. The van der Waals surface area contributed by atoms with Gasteiger partial charge in [0.05, 0.1) is 24.0 Å². The highest BCUT2D eigenvalue weighted by atomic mass is 19.1. The quantitative estimate of drug-likeness (QED) is 0.574. The molecule has 3 rings (SSSR count). The number of likely N-dealkylation sites (N-methyl/N-ethyl adjacent to an activating group) is 1. The number of carbonyl (C=O) groups excluding carboxylic acids is 3. The van der Waals surface area contributed by atoms with E-state index in [0.717, 1.165) is 9.80 Å². The van der Waals surface area contributed by atoms with Crippen molar-refractivity contribution in [1.29, 1.82) is 5.26 Å². The molecular weight excluding hydrogens is 329 g/mol. The fourth-order valence-electron chi connectivity index (χ4n) is 2.90. The first-order chi connectivity index (χ1) is 11.9. The van der Waals surface area contributed by atoms with Gasteiger partial charge in [0, 0.05) is 33.2 Å². The smallest absolute Gasteiger partial charge is 0.335 e. The van der Waals surface area contributed by atoms with Crippen molar-refractivity contribution in [2.75, 3.05) is 44.8 Å². The first kappa shape index (κ1) is 16.9. The van der Waals surface area contributed by atoms with Crippen LogP contribution in [0, 0.1) is 17.1 Å². The minimum absolute atomic E-state index is 0.0391. The normalized spacial score (nSPS) is 18.9. The molecule has 0 aromatic heterocycles. The van der Waals surface area contributed by atoms with E-state index in [1.54, 1.807) is 12.1 Å². The average molecular weight is 345 g/mol. The van der Waals surface area contributed by atoms with Gasteiger partial charge in [0.25, 0.3) is 0 Å². The summed E-state index contributed by atoms with van der Waals surface area (Å²) in [7, 11) is 1.27. The van der Waals surface area contributed by atoms with Crippen molar-refractivity contribution in [1.82, 2.24) is 14.7 Å². The number of hydrogen-bond acceptors (Lipinski definition) is 6. The van der Waals surface area contributed by atoms with Gasteiger partial charge < -0.3 is 4.90 Å². The van der Waals surface area contributed by atoms with Gasteiger partial charge in [-0.2, -0.15) is 5.26 Å². The minimum atomic E-state index is -0.830. The van der Waals surface area contributed by atoms with Crippen molar-refractivity contribution in [2.24, 2.45) is 0 Å². The largest absolute Gasteiger partial charge is 0.367 e. The molecule has 2 aliphatic heterocycles. The second-order valence-electron chi connectivity index (χ2n) is 5.90. The first-order valence-corrected chi connectivity index (χ1v) is 7.73. The number of anilines is 1. The van der Waals surface area contributed by atoms with Crippen LogP contribution in [0.15, 0.2) is 18.2 Å². The zero-order valence-corrected chi connectivity index (χ0v) is 13.6. The first-order valence-electron chi connectivity index (χ1n) is 7.73. The number of imide groups is 2. The molecule has 0 radical (unpaired) electrons. The van der Waals surface area contributed by atoms with E-state index >= 15 is 0 Å². The predicted octanol–water partition coefficient (Wildman–Crippen LogP) is 0.197. The maximum absolute atomic E-state index is 14.1. The molecule has 0 bridgehead atoms. The summed E-state index contributed by atoms with van der Waals surface area (Å²) in [6, 6.07) is 5.60. The third-order valence-corrected chi connectivity index (χ3v) is 4.38. The average Bonchev–Trinajstić information content (AvgIpc) is 2.80. The lowest BCUT2D eigenvalue weighted by molar-refractivity contribution is -0.143. The third-order valence-electron chi connectivity index (χ3n) is 4.38. The molecule has 2 aliphatic rings. The van der Waals surface area contributed by atoms with Crippen LogP contribution in [0.1, 0.15) is 5.56 Å². The summed E-state index contributed by atoms with van der Waals surface area (Å²) in [6.45, 7) is 2.06. The fraction of sp³-hybridized carbons (Fsp3) is 0.375. The summed E-state index contributed by atoms with van der Waals surface area (Å²) >= 11 is 0. The van der Waals surface area contributed by atoms with Gasteiger partial charge >= 0.3 is 17.8 Å². The Kier molecular flexibility index (Phi) is 4.37. The number of urea groups is 1. The maximum Gasteiger partial charge on any atom is 0.335 e. The molecule has 0 aliphatic carbocycles. The summed E-state index contributed by atoms with van der Waals surface area (Å²) in [4.78, 5) is 40.6. The van der Waals surface area contributed by atoms with E-state index in [1.165, 1.54) is 13.1 Å².